The van der Waals surface area contributed by atoms with Crippen LogP contribution in [0.1, 0.15) is 27.4 Å². The maximum atomic E-state index is 12.3. The molecule has 2 aromatic heterocycles. The van der Waals surface area contributed by atoms with Crippen molar-refractivity contribution in [2.75, 3.05) is 12.8 Å². The molecule has 0 radical (unpaired) electrons. The number of pyridine rings is 2. The van der Waals surface area contributed by atoms with Crippen molar-refractivity contribution in [3.63, 3.8) is 0 Å². The van der Waals surface area contributed by atoms with Crippen molar-refractivity contribution in [3.05, 3.63) is 53.0 Å². The molecule has 0 aliphatic heterocycles. The molecule has 2 rings (SSSR count). The van der Waals surface area contributed by atoms with Crippen LogP contribution in [0.2, 0.25) is 0 Å². The number of aryl methyl sites for hydroxylation is 2. The lowest BCUT2D eigenvalue weighted by atomic mass is 10.2. The van der Waals surface area contributed by atoms with Crippen molar-refractivity contribution in [3.8, 4) is 0 Å². The first-order valence-electron chi connectivity index (χ1n) is 6.38. The Morgan fingerprint density at radius 2 is 2.00 bits per heavy atom. The second-order valence-electron chi connectivity index (χ2n) is 4.89. The van der Waals surface area contributed by atoms with Crippen molar-refractivity contribution < 1.29 is 4.79 Å². The number of rotatable bonds is 3. The maximum absolute atomic E-state index is 12.3. The van der Waals surface area contributed by atoms with Gasteiger partial charge in [-0.05, 0) is 43.7 Å². The van der Waals surface area contributed by atoms with Gasteiger partial charge in [-0.1, -0.05) is 6.07 Å². The smallest absolute Gasteiger partial charge is 0.272 e. The normalized spacial score (nSPS) is 10.3. The molecule has 0 fully saturated rings. The fourth-order valence-electron chi connectivity index (χ4n) is 2.09. The molecule has 2 N–H and O–H groups in total. The summed E-state index contributed by atoms with van der Waals surface area (Å²) in [5.41, 5.74) is 8.88. The summed E-state index contributed by atoms with van der Waals surface area (Å²) in [4.78, 5) is 22.3. The van der Waals surface area contributed by atoms with Crippen molar-refractivity contribution in [2.45, 2.75) is 20.4 Å². The first kappa shape index (κ1) is 14.0. The number of hydrogen-bond donors (Lipinski definition) is 1. The second-order valence-corrected chi connectivity index (χ2v) is 4.89. The minimum absolute atomic E-state index is 0.168. The molecule has 2 aromatic rings. The van der Waals surface area contributed by atoms with Crippen LogP contribution < -0.4 is 5.73 Å². The first-order valence-corrected chi connectivity index (χ1v) is 6.38. The Morgan fingerprint density at radius 1 is 1.25 bits per heavy atom. The van der Waals surface area contributed by atoms with Crippen LogP contribution in [0.3, 0.4) is 0 Å². The lowest BCUT2D eigenvalue weighted by molar-refractivity contribution is 0.0777. The van der Waals surface area contributed by atoms with Gasteiger partial charge in [-0.25, -0.2) is 4.98 Å². The Morgan fingerprint density at radius 3 is 2.65 bits per heavy atom. The number of hydrogen-bond acceptors (Lipinski definition) is 4. The third-order valence-corrected chi connectivity index (χ3v) is 2.89. The Kier molecular flexibility index (Phi) is 3.98. The monoisotopic (exact) mass is 270 g/mol. The van der Waals surface area contributed by atoms with Gasteiger partial charge in [-0.3, -0.25) is 9.78 Å². The highest BCUT2D eigenvalue weighted by Gasteiger charge is 2.14. The van der Waals surface area contributed by atoms with E-state index in [1.807, 2.05) is 26.0 Å². The van der Waals surface area contributed by atoms with Crippen LogP contribution in [0.15, 0.2) is 30.3 Å². The van der Waals surface area contributed by atoms with Gasteiger partial charge < -0.3 is 10.6 Å². The predicted molar refractivity (Wildman–Crippen MR) is 78.2 cm³/mol. The van der Waals surface area contributed by atoms with Crippen molar-refractivity contribution in [1.82, 2.24) is 14.9 Å². The molecule has 0 saturated heterocycles. The van der Waals surface area contributed by atoms with Crippen LogP contribution in [0, 0.1) is 13.8 Å². The third-order valence-electron chi connectivity index (χ3n) is 2.89. The Balaban J connectivity index is 2.15. The minimum atomic E-state index is -0.168. The SMILES string of the molecule is Cc1cc(C)nc(CN(C)C(=O)c2cccc(N)n2)c1. The molecular weight excluding hydrogens is 252 g/mol. The molecule has 0 spiro atoms. The van der Waals surface area contributed by atoms with E-state index in [0.717, 1.165) is 17.0 Å². The average molecular weight is 270 g/mol. The number of anilines is 1. The zero-order valence-corrected chi connectivity index (χ0v) is 11.9. The van der Waals surface area contributed by atoms with E-state index in [0.29, 0.717) is 18.1 Å². The second kappa shape index (κ2) is 5.69. The number of nitrogens with two attached hydrogens (primary N) is 1. The molecule has 5 heteroatoms. The molecule has 0 unspecified atom stereocenters. The van der Waals surface area contributed by atoms with Crippen molar-refractivity contribution >= 4 is 11.7 Å². The van der Waals surface area contributed by atoms with Gasteiger partial charge in [0.15, 0.2) is 0 Å². The molecular formula is C15H18N4O. The predicted octanol–water partition coefficient (Wildman–Crippen LogP) is 1.95. The molecule has 0 atom stereocenters. The Bertz CT molecular complexity index is 619. The van der Waals surface area contributed by atoms with Crippen LogP contribution in [0.25, 0.3) is 0 Å². The van der Waals surface area contributed by atoms with Gasteiger partial charge in [0.25, 0.3) is 5.91 Å². The number of aromatic nitrogens is 2. The number of nitrogen functional groups attached to an aromatic ring is 1. The van der Waals surface area contributed by atoms with E-state index in [2.05, 4.69) is 9.97 Å². The highest BCUT2D eigenvalue weighted by Crippen LogP contribution is 2.09. The van der Waals surface area contributed by atoms with E-state index in [1.165, 1.54) is 0 Å². The summed E-state index contributed by atoms with van der Waals surface area (Å²) >= 11 is 0. The molecule has 104 valence electrons. The van der Waals surface area contributed by atoms with Crippen LogP contribution in [0.5, 0.6) is 0 Å². The number of carbonyl (C=O) groups excluding carboxylic acids is 1. The Hall–Kier alpha value is -2.43. The Labute approximate surface area is 118 Å². The molecule has 0 saturated carbocycles. The van der Waals surface area contributed by atoms with E-state index >= 15 is 0 Å². The van der Waals surface area contributed by atoms with E-state index in [1.54, 1.807) is 30.1 Å². The summed E-state index contributed by atoms with van der Waals surface area (Å²) in [6.07, 6.45) is 0. The lowest BCUT2D eigenvalue weighted by Gasteiger charge is -2.17. The van der Waals surface area contributed by atoms with E-state index in [-0.39, 0.29) is 5.91 Å². The van der Waals surface area contributed by atoms with Crippen molar-refractivity contribution in [2.24, 2.45) is 0 Å². The van der Waals surface area contributed by atoms with Crippen LogP contribution in [0.4, 0.5) is 5.82 Å². The van der Waals surface area contributed by atoms with Crippen LogP contribution in [-0.2, 0) is 6.54 Å². The summed E-state index contributed by atoms with van der Waals surface area (Å²) in [7, 11) is 1.73. The van der Waals surface area contributed by atoms with Crippen LogP contribution >= 0.6 is 0 Å². The summed E-state index contributed by atoms with van der Waals surface area (Å²) < 4.78 is 0. The molecule has 1 amide bonds. The molecule has 5 nitrogen and oxygen atoms in total. The quantitative estimate of drug-likeness (QED) is 0.925. The maximum Gasteiger partial charge on any atom is 0.272 e. The zero-order valence-electron chi connectivity index (χ0n) is 11.9. The van der Waals surface area contributed by atoms with E-state index < -0.39 is 0 Å². The fraction of sp³-hybridized carbons (Fsp3) is 0.267. The summed E-state index contributed by atoms with van der Waals surface area (Å²) in [6.45, 7) is 4.40. The van der Waals surface area contributed by atoms with Gasteiger partial charge in [-0.15, -0.1) is 0 Å². The molecule has 0 aliphatic rings. The number of amides is 1. The van der Waals surface area contributed by atoms with Crippen molar-refractivity contribution in [1.29, 1.82) is 0 Å². The topological polar surface area (TPSA) is 72.1 Å². The van der Waals surface area contributed by atoms with Gasteiger partial charge in [0.1, 0.15) is 11.5 Å². The summed E-state index contributed by atoms with van der Waals surface area (Å²) in [6, 6.07) is 9.01. The van der Waals surface area contributed by atoms with Gasteiger partial charge >= 0.3 is 0 Å². The molecule has 2 heterocycles. The molecule has 0 aromatic carbocycles. The van der Waals surface area contributed by atoms with Gasteiger partial charge in [-0.2, -0.15) is 0 Å². The average Bonchev–Trinajstić information content (AvgIpc) is 2.36. The highest BCUT2D eigenvalue weighted by atomic mass is 16.2. The zero-order chi connectivity index (χ0) is 14.7. The number of nitrogens with zero attached hydrogens (tertiary/aromatic N) is 3. The summed E-state index contributed by atoms with van der Waals surface area (Å²) in [5.74, 6) is 0.173. The van der Waals surface area contributed by atoms with E-state index in [4.69, 9.17) is 5.73 Å². The lowest BCUT2D eigenvalue weighted by Crippen LogP contribution is -2.27. The van der Waals surface area contributed by atoms with Crippen LogP contribution in [-0.4, -0.2) is 27.8 Å². The molecule has 0 bridgehead atoms. The standard InChI is InChI=1S/C15H18N4O/c1-10-7-11(2)17-12(8-10)9-19(3)15(20)13-5-4-6-14(16)18-13/h4-8H,9H2,1-3H3,(H2,16,18). The summed E-state index contributed by atoms with van der Waals surface area (Å²) in [5, 5.41) is 0. The molecule has 0 aliphatic carbocycles. The first-order chi connectivity index (χ1) is 9.45. The highest BCUT2D eigenvalue weighted by molar-refractivity contribution is 5.92. The molecule has 20 heavy (non-hydrogen) atoms. The van der Waals surface area contributed by atoms with Gasteiger partial charge in [0, 0.05) is 12.7 Å². The largest absolute Gasteiger partial charge is 0.384 e. The minimum Gasteiger partial charge on any atom is -0.384 e. The van der Waals surface area contributed by atoms with E-state index in [9.17, 15) is 4.79 Å². The third kappa shape index (κ3) is 3.32. The van der Waals surface area contributed by atoms with Gasteiger partial charge in [0.2, 0.25) is 0 Å². The number of carbonyl (C=O) groups is 1. The van der Waals surface area contributed by atoms with Gasteiger partial charge in [0.05, 0.1) is 12.2 Å². The fourth-order valence-corrected chi connectivity index (χ4v) is 2.09.